The Kier molecular flexibility index (Phi) is 7.15. The smallest absolute Gasteiger partial charge is 0.267 e. The molecule has 0 radical (unpaired) electrons. The van der Waals surface area contributed by atoms with E-state index < -0.39 is 0 Å². The maximum Gasteiger partial charge on any atom is 0.267 e. The van der Waals surface area contributed by atoms with E-state index in [4.69, 9.17) is 0 Å². The Labute approximate surface area is 191 Å². The molecule has 2 N–H and O–H groups in total. The van der Waals surface area contributed by atoms with Crippen molar-refractivity contribution < 1.29 is 4.79 Å². The first-order chi connectivity index (χ1) is 15.5. The standard InChI is InChI=1S/C27H36N4O/c1-20-7-6-9-23-19-24(29-26(20)23)27(32)28-15-11-22-8-4-5-10-25(22)31-17-13-21(14-18-31)12-16-30(2)3/h4-10,19,21,29H,11-18H2,1-3H3,(H,28,32). The summed E-state index contributed by atoms with van der Waals surface area (Å²) in [5.74, 6) is 0.792. The van der Waals surface area contributed by atoms with Gasteiger partial charge in [-0.15, -0.1) is 0 Å². The van der Waals surface area contributed by atoms with E-state index in [9.17, 15) is 4.79 Å². The highest BCUT2D eigenvalue weighted by molar-refractivity contribution is 5.98. The van der Waals surface area contributed by atoms with Gasteiger partial charge in [-0.2, -0.15) is 0 Å². The van der Waals surface area contributed by atoms with Crippen LogP contribution in [0.3, 0.4) is 0 Å². The molecular formula is C27H36N4O. The van der Waals surface area contributed by atoms with Crippen molar-refractivity contribution in [1.82, 2.24) is 15.2 Å². The highest BCUT2D eigenvalue weighted by atomic mass is 16.1. The molecule has 0 saturated carbocycles. The molecule has 1 saturated heterocycles. The zero-order valence-electron chi connectivity index (χ0n) is 19.7. The number of aromatic amines is 1. The number of rotatable bonds is 8. The molecule has 2 aromatic carbocycles. The summed E-state index contributed by atoms with van der Waals surface area (Å²) in [6, 6.07) is 16.7. The molecule has 1 fully saturated rings. The number of nitrogens with zero attached hydrogens (tertiary/aromatic N) is 2. The summed E-state index contributed by atoms with van der Waals surface area (Å²) in [5.41, 5.74) is 5.46. The summed E-state index contributed by atoms with van der Waals surface area (Å²) >= 11 is 0. The number of anilines is 1. The number of aryl methyl sites for hydroxylation is 1. The molecule has 1 aromatic heterocycles. The number of aromatic nitrogens is 1. The number of piperidine rings is 1. The molecule has 2 heterocycles. The Hall–Kier alpha value is -2.79. The van der Waals surface area contributed by atoms with Crippen LogP contribution in [0.2, 0.25) is 0 Å². The molecule has 0 unspecified atom stereocenters. The van der Waals surface area contributed by atoms with E-state index in [1.165, 1.54) is 37.1 Å². The summed E-state index contributed by atoms with van der Waals surface area (Å²) in [6.45, 7) is 6.11. The maximum atomic E-state index is 12.7. The lowest BCUT2D eigenvalue weighted by molar-refractivity contribution is 0.0950. The quantitative estimate of drug-likeness (QED) is 0.546. The fraction of sp³-hybridized carbons (Fsp3) is 0.444. The first-order valence-corrected chi connectivity index (χ1v) is 11.9. The monoisotopic (exact) mass is 432 g/mol. The second-order valence-electron chi connectivity index (χ2n) is 9.38. The number of fused-ring (bicyclic) bond motifs is 1. The molecule has 1 amide bonds. The fourth-order valence-corrected chi connectivity index (χ4v) is 4.77. The molecule has 0 bridgehead atoms. The largest absolute Gasteiger partial charge is 0.371 e. The van der Waals surface area contributed by atoms with Gasteiger partial charge < -0.3 is 20.1 Å². The van der Waals surface area contributed by atoms with E-state index in [1.807, 2.05) is 18.2 Å². The molecule has 0 aliphatic carbocycles. The highest BCUT2D eigenvalue weighted by Gasteiger charge is 2.21. The van der Waals surface area contributed by atoms with Gasteiger partial charge in [0.2, 0.25) is 0 Å². The number of carbonyl (C=O) groups is 1. The average molecular weight is 433 g/mol. The van der Waals surface area contributed by atoms with Gasteiger partial charge in [-0.25, -0.2) is 0 Å². The number of H-pyrrole nitrogens is 1. The third-order valence-corrected chi connectivity index (χ3v) is 6.72. The fourth-order valence-electron chi connectivity index (χ4n) is 4.77. The van der Waals surface area contributed by atoms with E-state index in [0.717, 1.165) is 41.9 Å². The first-order valence-electron chi connectivity index (χ1n) is 11.9. The van der Waals surface area contributed by atoms with Crippen molar-refractivity contribution in [1.29, 1.82) is 0 Å². The summed E-state index contributed by atoms with van der Waals surface area (Å²) < 4.78 is 0. The van der Waals surface area contributed by atoms with Gasteiger partial charge >= 0.3 is 0 Å². The lowest BCUT2D eigenvalue weighted by Crippen LogP contribution is -2.35. The van der Waals surface area contributed by atoms with Crippen LogP contribution < -0.4 is 10.2 Å². The summed E-state index contributed by atoms with van der Waals surface area (Å²) in [7, 11) is 4.31. The number of benzene rings is 2. The molecular weight excluding hydrogens is 396 g/mol. The van der Waals surface area contributed by atoms with Gasteiger partial charge in [0, 0.05) is 36.2 Å². The van der Waals surface area contributed by atoms with Crippen LogP contribution in [-0.4, -0.2) is 56.1 Å². The highest BCUT2D eigenvalue weighted by Crippen LogP contribution is 2.28. The Morgan fingerprint density at radius 2 is 1.91 bits per heavy atom. The van der Waals surface area contributed by atoms with Crippen molar-refractivity contribution in [2.45, 2.75) is 32.6 Å². The van der Waals surface area contributed by atoms with Crippen molar-refractivity contribution >= 4 is 22.5 Å². The van der Waals surface area contributed by atoms with E-state index in [0.29, 0.717) is 12.2 Å². The van der Waals surface area contributed by atoms with Crippen LogP contribution in [0.5, 0.6) is 0 Å². The van der Waals surface area contributed by atoms with Crippen LogP contribution in [0.1, 0.15) is 40.9 Å². The Morgan fingerprint density at radius 1 is 1.12 bits per heavy atom. The zero-order chi connectivity index (χ0) is 22.5. The predicted octanol–water partition coefficient (Wildman–Crippen LogP) is 4.62. The van der Waals surface area contributed by atoms with Crippen molar-refractivity contribution in [3.8, 4) is 0 Å². The third-order valence-electron chi connectivity index (χ3n) is 6.72. The van der Waals surface area contributed by atoms with Gasteiger partial charge in [-0.05, 0) is 82.4 Å². The molecule has 5 nitrogen and oxygen atoms in total. The molecule has 0 atom stereocenters. The Bertz CT molecular complexity index is 1050. The topological polar surface area (TPSA) is 51.4 Å². The van der Waals surface area contributed by atoms with Crippen molar-refractivity contribution in [3.63, 3.8) is 0 Å². The van der Waals surface area contributed by atoms with Gasteiger partial charge in [-0.1, -0.05) is 36.4 Å². The van der Waals surface area contributed by atoms with Crippen LogP contribution in [0, 0.1) is 12.8 Å². The lowest BCUT2D eigenvalue weighted by Gasteiger charge is -2.35. The van der Waals surface area contributed by atoms with Gasteiger partial charge in [0.15, 0.2) is 0 Å². The van der Waals surface area contributed by atoms with E-state index in [1.54, 1.807) is 0 Å². The van der Waals surface area contributed by atoms with E-state index >= 15 is 0 Å². The summed E-state index contributed by atoms with van der Waals surface area (Å²) in [4.78, 5) is 20.8. The second kappa shape index (κ2) is 10.2. The minimum absolute atomic E-state index is 0.0419. The first kappa shape index (κ1) is 22.4. The SMILES string of the molecule is Cc1cccc2cc(C(=O)NCCc3ccccc3N3CCC(CCN(C)C)CC3)[nH]c12. The predicted molar refractivity (Wildman–Crippen MR) is 134 cm³/mol. The van der Waals surface area contributed by atoms with Crippen LogP contribution in [-0.2, 0) is 6.42 Å². The zero-order valence-corrected chi connectivity index (χ0v) is 19.7. The number of para-hydroxylation sites is 2. The van der Waals surface area contributed by atoms with Crippen molar-refractivity contribution in [2.24, 2.45) is 5.92 Å². The normalized spacial score (nSPS) is 14.9. The van der Waals surface area contributed by atoms with E-state index in [-0.39, 0.29) is 5.91 Å². The van der Waals surface area contributed by atoms with Crippen LogP contribution in [0.25, 0.3) is 10.9 Å². The van der Waals surface area contributed by atoms with Crippen LogP contribution >= 0.6 is 0 Å². The van der Waals surface area contributed by atoms with Crippen LogP contribution in [0.4, 0.5) is 5.69 Å². The second-order valence-corrected chi connectivity index (χ2v) is 9.38. The third kappa shape index (κ3) is 5.33. The van der Waals surface area contributed by atoms with Gasteiger partial charge in [0.05, 0.1) is 0 Å². The van der Waals surface area contributed by atoms with Gasteiger partial charge in [-0.3, -0.25) is 4.79 Å². The summed E-state index contributed by atoms with van der Waals surface area (Å²) in [6.07, 6.45) is 4.65. The molecule has 170 valence electrons. The van der Waals surface area contributed by atoms with Crippen LogP contribution in [0.15, 0.2) is 48.5 Å². The minimum Gasteiger partial charge on any atom is -0.371 e. The lowest BCUT2D eigenvalue weighted by atomic mass is 9.92. The Balaban J connectivity index is 1.32. The Morgan fingerprint density at radius 3 is 2.66 bits per heavy atom. The number of hydrogen-bond donors (Lipinski definition) is 2. The van der Waals surface area contributed by atoms with Gasteiger partial charge in [0.1, 0.15) is 5.69 Å². The molecule has 1 aliphatic heterocycles. The molecule has 1 aliphatic rings. The average Bonchev–Trinajstić information content (AvgIpc) is 3.24. The minimum atomic E-state index is -0.0419. The molecule has 4 rings (SSSR count). The summed E-state index contributed by atoms with van der Waals surface area (Å²) in [5, 5.41) is 4.18. The van der Waals surface area contributed by atoms with Crippen molar-refractivity contribution in [2.75, 3.05) is 45.2 Å². The number of nitrogens with one attached hydrogen (secondary N) is 2. The van der Waals surface area contributed by atoms with Crippen molar-refractivity contribution in [3.05, 3.63) is 65.4 Å². The number of carbonyl (C=O) groups excluding carboxylic acids is 1. The van der Waals surface area contributed by atoms with Gasteiger partial charge in [0.25, 0.3) is 5.91 Å². The maximum absolute atomic E-state index is 12.7. The molecule has 3 aromatic rings. The molecule has 5 heteroatoms. The molecule has 0 spiro atoms. The number of hydrogen-bond acceptors (Lipinski definition) is 3. The molecule has 32 heavy (non-hydrogen) atoms. The number of amides is 1. The van der Waals surface area contributed by atoms with E-state index in [2.05, 4.69) is 71.5 Å².